The van der Waals surface area contributed by atoms with Crippen LogP contribution in [0.25, 0.3) is 0 Å². The topological polar surface area (TPSA) is 40.9 Å². The Labute approximate surface area is 92.3 Å². The van der Waals surface area contributed by atoms with Crippen molar-refractivity contribution in [1.29, 1.82) is 5.26 Å². The van der Waals surface area contributed by atoms with Crippen molar-refractivity contribution in [3.05, 3.63) is 34.6 Å². The normalized spacial score (nSPS) is 11.9. The second-order valence-corrected chi connectivity index (χ2v) is 3.49. The highest BCUT2D eigenvalue weighted by Crippen LogP contribution is 2.18. The summed E-state index contributed by atoms with van der Waals surface area (Å²) in [6, 6.07) is 5.68. The molecule has 0 amide bonds. The smallest absolute Gasteiger partial charge is 0.180 e. The van der Waals surface area contributed by atoms with Gasteiger partial charge in [0.25, 0.3) is 0 Å². The number of halogens is 2. The van der Waals surface area contributed by atoms with Crippen molar-refractivity contribution in [3.8, 4) is 6.07 Å². The van der Waals surface area contributed by atoms with Crippen LogP contribution in [0, 0.1) is 23.1 Å². The number of nitriles is 1. The van der Waals surface area contributed by atoms with Crippen LogP contribution in [0.5, 0.6) is 0 Å². The van der Waals surface area contributed by atoms with E-state index >= 15 is 0 Å². The van der Waals surface area contributed by atoms with Crippen LogP contribution in [0.4, 0.5) is 4.39 Å². The molecule has 1 unspecified atom stereocenters. The van der Waals surface area contributed by atoms with Crippen LogP contribution in [0.3, 0.4) is 0 Å². The number of benzene rings is 1. The fourth-order valence-corrected chi connectivity index (χ4v) is 1.30. The number of carbonyl (C=O) groups is 1. The number of carbonyl (C=O) groups excluding carboxylic acids is 1. The van der Waals surface area contributed by atoms with Gasteiger partial charge in [0, 0.05) is 5.56 Å². The van der Waals surface area contributed by atoms with Crippen molar-refractivity contribution in [2.24, 2.45) is 5.92 Å². The van der Waals surface area contributed by atoms with Gasteiger partial charge in [-0.3, -0.25) is 4.79 Å². The van der Waals surface area contributed by atoms with Gasteiger partial charge in [0.1, 0.15) is 11.7 Å². The molecular formula is C11H9ClFNO. The van der Waals surface area contributed by atoms with Crippen molar-refractivity contribution in [2.75, 3.05) is 0 Å². The van der Waals surface area contributed by atoms with E-state index in [4.69, 9.17) is 16.9 Å². The lowest BCUT2D eigenvalue weighted by atomic mass is 9.97. The molecule has 0 saturated carbocycles. The van der Waals surface area contributed by atoms with Gasteiger partial charge < -0.3 is 0 Å². The monoisotopic (exact) mass is 225 g/mol. The molecule has 4 heteroatoms. The SMILES string of the molecule is CCC(C#N)C(=O)c1ccc(Cl)c(F)c1. The predicted molar refractivity (Wildman–Crippen MR) is 55.1 cm³/mol. The molecule has 0 saturated heterocycles. The summed E-state index contributed by atoms with van der Waals surface area (Å²) < 4.78 is 13.0. The summed E-state index contributed by atoms with van der Waals surface area (Å²) in [5.74, 6) is -1.73. The molecule has 0 bridgehead atoms. The largest absolute Gasteiger partial charge is 0.293 e. The number of rotatable bonds is 3. The highest BCUT2D eigenvalue weighted by molar-refractivity contribution is 6.30. The molecule has 0 aromatic heterocycles. The van der Waals surface area contributed by atoms with Crippen LogP contribution >= 0.6 is 11.6 Å². The van der Waals surface area contributed by atoms with Crippen molar-refractivity contribution in [1.82, 2.24) is 0 Å². The fraction of sp³-hybridized carbons (Fsp3) is 0.273. The third-order valence-corrected chi connectivity index (χ3v) is 2.39. The van der Waals surface area contributed by atoms with E-state index in [1.54, 1.807) is 6.92 Å². The summed E-state index contributed by atoms with van der Waals surface area (Å²) in [5, 5.41) is 8.66. The highest BCUT2D eigenvalue weighted by atomic mass is 35.5. The van der Waals surface area contributed by atoms with Gasteiger partial charge in [0.05, 0.1) is 11.1 Å². The Morgan fingerprint density at radius 3 is 2.80 bits per heavy atom. The lowest BCUT2D eigenvalue weighted by molar-refractivity contribution is 0.0946. The van der Waals surface area contributed by atoms with E-state index in [0.29, 0.717) is 6.42 Å². The second kappa shape index (κ2) is 4.90. The highest BCUT2D eigenvalue weighted by Gasteiger charge is 2.18. The molecular weight excluding hydrogens is 217 g/mol. The van der Waals surface area contributed by atoms with Gasteiger partial charge in [0.2, 0.25) is 0 Å². The van der Waals surface area contributed by atoms with E-state index < -0.39 is 11.7 Å². The first-order chi connectivity index (χ1) is 7.10. The molecule has 0 aliphatic heterocycles. The Hall–Kier alpha value is -1.40. The Balaban J connectivity index is 3.02. The van der Waals surface area contributed by atoms with E-state index in [-0.39, 0.29) is 16.4 Å². The predicted octanol–water partition coefficient (Wildman–Crippen LogP) is 3.21. The van der Waals surface area contributed by atoms with Gasteiger partial charge in [-0.25, -0.2) is 4.39 Å². The molecule has 0 aliphatic carbocycles. The second-order valence-electron chi connectivity index (χ2n) is 3.08. The first-order valence-electron chi connectivity index (χ1n) is 4.49. The third kappa shape index (κ3) is 2.54. The maximum Gasteiger partial charge on any atom is 0.180 e. The Bertz CT molecular complexity index is 425. The van der Waals surface area contributed by atoms with Gasteiger partial charge >= 0.3 is 0 Å². The summed E-state index contributed by atoms with van der Waals surface area (Å²) in [6.45, 7) is 1.73. The lowest BCUT2D eigenvalue weighted by Crippen LogP contribution is -2.12. The molecule has 2 nitrogen and oxygen atoms in total. The summed E-state index contributed by atoms with van der Waals surface area (Å²) in [5.41, 5.74) is 0.185. The third-order valence-electron chi connectivity index (χ3n) is 2.08. The Kier molecular flexibility index (Phi) is 3.81. The van der Waals surface area contributed by atoms with Crippen LogP contribution in [0.2, 0.25) is 5.02 Å². The quantitative estimate of drug-likeness (QED) is 0.741. The van der Waals surface area contributed by atoms with Gasteiger partial charge in [-0.1, -0.05) is 18.5 Å². The molecule has 1 atom stereocenters. The van der Waals surface area contributed by atoms with E-state index in [9.17, 15) is 9.18 Å². The maximum absolute atomic E-state index is 13.0. The number of hydrogen-bond acceptors (Lipinski definition) is 2. The summed E-state index contributed by atoms with van der Waals surface area (Å²) in [6.07, 6.45) is 0.416. The minimum absolute atomic E-state index is 0.0310. The Morgan fingerprint density at radius 1 is 1.67 bits per heavy atom. The lowest BCUT2D eigenvalue weighted by Gasteiger charge is -2.05. The van der Waals surface area contributed by atoms with Gasteiger partial charge in [-0.2, -0.15) is 5.26 Å². The first kappa shape index (κ1) is 11.7. The van der Waals surface area contributed by atoms with Crippen molar-refractivity contribution in [3.63, 3.8) is 0 Å². The average Bonchev–Trinajstić information content (AvgIpc) is 2.23. The summed E-state index contributed by atoms with van der Waals surface area (Å²) in [7, 11) is 0. The molecule has 0 fully saturated rings. The zero-order valence-electron chi connectivity index (χ0n) is 8.13. The molecule has 0 heterocycles. The molecule has 1 rings (SSSR count). The van der Waals surface area contributed by atoms with Crippen LogP contribution in [-0.4, -0.2) is 5.78 Å². The molecule has 1 aromatic rings. The number of ketones is 1. The van der Waals surface area contributed by atoms with Crippen LogP contribution in [0.1, 0.15) is 23.7 Å². The number of Topliss-reactive ketones (excluding diaryl/α,β-unsaturated/α-hetero) is 1. The molecule has 0 spiro atoms. The van der Waals surface area contributed by atoms with Gasteiger partial charge in [-0.15, -0.1) is 0 Å². The molecule has 0 radical (unpaired) electrons. The standard InChI is InChI=1S/C11H9ClFNO/c1-2-7(6-14)11(15)8-3-4-9(12)10(13)5-8/h3-5,7H,2H2,1H3. The zero-order chi connectivity index (χ0) is 11.4. The molecule has 0 N–H and O–H groups in total. The maximum atomic E-state index is 13.0. The molecule has 1 aromatic carbocycles. The molecule has 0 aliphatic rings. The van der Waals surface area contributed by atoms with E-state index in [0.717, 1.165) is 6.07 Å². The van der Waals surface area contributed by atoms with E-state index in [2.05, 4.69) is 0 Å². The minimum atomic E-state index is -0.717. The van der Waals surface area contributed by atoms with Crippen molar-refractivity contribution in [2.45, 2.75) is 13.3 Å². The van der Waals surface area contributed by atoms with Crippen LogP contribution in [-0.2, 0) is 0 Å². The van der Waals surface area contributed by atoms with E-state index in [1.807, 2.05) is 6.07 Å². The number of hydrogen-bond donors (Lipinski definition) is 0. The number of nitrogens with zero attached hydrogens (tertiary/aromatic N) is 1. The Morgan fingerprint density at radius 2 is 2.33 bits per heavy atom. The minimum Gasteiger partial charge on any atom is -0.293 e. The van der Waals surface area contributed by atoms with Gasteiger partial charge in [0.15, 0.2) is 5.78 Å². The first-order valence-corrected chi connectivity index (χ1v) is 4.86. The van der Waals surface area contributed by atoms with E-state index in [1.165, 1.54) is 12.1 Å². The van der Waals surface area contributed by atoms with Crippen molar-refractivity contribution >= 4 is 17.4 Å². The summed E-state index contributed by atoms with van der Waals surface area (Å²) >= 11 is 5.48. The molecule has 78 valence electrons. The molecule has 15 heavy (non-hydrogen) atoms. The zero-order valence-corrected chi connectivity index (χ0v) is 8.88. The average molecular weight is 226 g/mol. The summed E-state index contributed by atoms with van der Waals surface area (Å²) in [4.78, 5) is 11.6. The van der Waals surface area contributed by atoms with Crippen molar-refractivity contribution < 1.29 is 9.18 Å². The van der Waals surface area contributed by atoms with Crippen LogP contribution in [0.15, 0.2) is 18.2 Å². The van der Waals surface area contributed by atoms with Gasteiger partial charge in [-0.05, 0) is 24.6 Å². The fourth-order valence-electron chi connectivity index (χ4n) is 1.19. The van der Waals surface area contributed by atoms with Crippen LogP contribution < -0.4 is 0 Å².